The van der Waals surface area contributed by atoms with Crippen molar-refractivity contribution < 1.29 is 0 Å². The Bertz CT molecular complexity index is 408. The fourth-order valence-electron chi connectivity index (χ4n) is 2.75. The van der Waals surface area contributed by atoms with Gasteiger partial charge in [-0.25, -0.2) is 0 Å². The third-order valence-electron chi connectivity index (χ3n) is 4.39. The quantitative estimate of drug-likeness (QED) is 0.633. The third kappa shape index (κ3) is 5.40. The van der Waals surface area contributed by atoms with E-state index in [0.29, 0.717) is 0 Å². The van der Waals surface area contributed by atoms with Crippen molar-refractivity contribution in [3.8, 4) is 0 Å². The van der Waals surface area contributed by atoms with Crippen LogP contribution in [0, 0.1) is 11.8 Å². The molecule has 1 heterocycles. The summed E-state index contributed by atoms with van der Waals surface area (Å²) in [6.45, 7) is 8.76. The van der Waals surface area contributed by atoms with Gasteiger partial charge >= 0.3 is 0 Å². The molecule has 1 aromatic rings. The summed E-state index contributed by atoms with van der Waals surface area (Å²) in [5.74, 6) is 1.96. The summed E-state index contributed by atoms with van der Waals surface area (Å²) in [6.07, 6.45) is 9.02. The van der Waals surface area contributed by atoms with Crippen LogP contribution in [-0.4, -0.2) is 46.1 Å². The van der Waals surface area contributed by atoms with Crippen molar-refractivity contribution in [3.63, 3.8) is 0 Å². The fourth-order valence-corrected chi connectivity index (χ4v) is 2.75. The molecule has 5 heteroatoms. The van der Waals surface area contributed by atoms with E-state index in [0.717, 1.165) is 50.1 Å². The molecule has 1 N–H and O–H groups in total. The van der Waals surface area contributed by atoms with E-state index in [1.165, 1.54) is 38.8 Å². The standard InChI is InChI=1S/C16H29N5/c1-2-7-17-10-16-13-21(19-18-16)9-8-20(11-14-3-4-14)12-15-5-6-15/h13-15,17H,2-12H2,1H3. The van der Waals surface area contributed by atoms with Gasteiger partial charge in [0, 0.05) is 32.4 Å². The van der Waals surface area contributed by atoms with Gasteiger partial charge in [0.2, 0.25) is 0 Å². The van der Waals surface area contributed by atoms with E-state index in [1.807, 2.05) is 4.68 Å². The predicted molar refractivity (Wildman–Crippen MR) is 83.9 cm³/mol. The zero-order valence-corrected chi connectivity index (χ0v) is 13.3. The van der Waals surface area contributed by atoms with E-state index >= 15 is 0 Å². The average molecular weight is 291 g/mol. The zero-order chi connectivity index (χ0) is 14.5. The Morgan fingerprint density at radius 2 is 1.95 bits per heavy atom. The fraction of sp³-hybridized carbons (Fsp3) is 0.875. The lowest BCUT2D eigenvalue weighted by atomic mass is 10.3. The highest BCUT2D eigenvalue weighted by Gasteiger charge is 2.28. The summed E-state index contributed by atoms with van der Waals surface area (Å²) < 4.78 is 2.01. The molecule has 21 heavy (non-hydrogen) atoms. The van der Waals surface area contributed by atoms with E-state index in [-0.39, 0.29) is 0 Å². The van der Waals surface area contributed by atoms with Gasteiger partial charge < -0.3 is 10.2 Å². The molecule has 0 spiro atoms. The largest absolute Gasteiger partial charge is 0.311 e. The van der Waals surface area contributed by atoms with E-state index in [1.54, 1.807) is 0 Å². The molecule has 0 unspecified atom stereocenters. The van der Waals surface area contributed by atoms with Gasteiger partial charge in [0.25, 0.3) is 0 Å². The van der Waals surface area contributed by atoms with Gasteiger partial charge in [0.1, 0.15) is 0 Å². The first-order chi connectivity index (χ1) is 10.3. The number of nitrogens with one attached hydrogen (secondary N) is 1. The van der Waals surface area contributed by atoms with Crippen LogP contribution in [0.4, 0.5) is 0 Å². The average Bonchev–Trinajstić information content (AvgIpc) is 3.40. The number of hydrogen-bond donors (Lipinski definition) is 1. The van der Waals surface area contributed by atoms with Crippen LogP contribution in [0.3, 0.4) is 0 Å². The van der Waals surface area contributed by atoms with Gasteiger partial charge in [0.05, 0.1) is 12.2 Å². The van der Waals surface area contributed by atoms with Gasteiger partial charge in [0.15, 0.2) is 0 Å². The Morgan fingerprint density at radius 1 is 1.24 bits per heavy atom. The van der Waals surface area contributed by atoms with Gasteiger partial charge in [-0.3, -0.25) is 4.68 Å². The molecule has 5 nitrogen and oxygen atoms in total. The van der Waals surface area contributed by atoms with Crippen LogP contribution in [0.5, 0.6) is 0 Å². The summed E-state index contributed by atoms with van der Waals surface area (Å²) >= 11 is 0. The summed E-state index contributed by atoms with van der Waals surface area (Å²) in [7, 11) is 0. The highest BCUT2D eigenvalue weighted by atomic mass is 15.4. The third-order valence-corrected chi connectivity index (χ3v) is 4.39. The first-order valence-electron chi connectivity index (χ1n) is 8.65. The number of nitrogens with zero attached hydrogens (tertiary/aromatic N) is 4. The SMILES string of the molecule is CCCNCc1cn(CCN(CC2CC2)CC2CC2)nn1. The van der Waals surface area contributed by atoms with Crippen molar-refractivity contribution in [3.05, 3.63) is 11.9 Å². The van der Waals surface area contributed by atoms with Crippen molar-refractivity contribution in [1.29, 1.82) is 0 Å². The van der Waals surface area contributed by atoms with Gasteiger partial charge in [-0.05, 0) is 50.5 Å². The Morgan fingerprint density at radius 3 is 2.57 bits per heavy atom. The molecule has 2 aliphatic carbocycles. The molecule has 0 saturated heterocycles. The van der Waals surface area contributed by atoms with E-state index in [4.69, 9.17) is 0 Å². The van der Waals surface area contributed by atoms with Gasteiger partial charge in [-0.2, -0.15) is 0 Å². The molecule has 0 aromatic carbocycles. The molecule has 0 radical (unpaired) electrons. The van der Waals surface area contributed by atoms with Crippen molar-refractivity contribution >= 4 is 0 Å². The molecule has 0 aliphatic heterocycles. The number of rotatable bonds is 11. The first kappa shape index (κ1) is 15.0. The van der Waals surface area contributed by atoms with Crippen LogP contribution in [0.2, 0.25) is 0 Å². The Hall–Kier alpha value is -0.940. The summed E-state index contributed by atoms with van der Waals surface area (Å²) in [6, 6.07) is 0. The molecule has 1 aromatic heterocycles. The molecule has 3 rings (SSSR count). The molecule has 0 bridgehead atoms. The van der Waals surface area contributed by atoms with Crippen molar-refractivity contribution in [2.45, 2.75) is 52.1 Å². The highest BCUT2D eigenvalue weighted by Crippen LogP contribution is 2.33. The van der Waals surface area contributed by atoms with E-state index in [2.05, 4.69) is 33.6 Å². The molecule has 0 atom stereocenters. The molecular weight excluding hydrogens is 262 g/mol. The lowest BCUT2D eigenvalue weighted by molar-refractivity contribution is 0.238. The molecule has 2 fully saturated rings. The molecular formula is C16H29N5. The van der Waals surface area contributed by atoms with Crippen LogP contribution in [0.15, 0.2) is 6.20 Å². The number of aromatic nitrogens is 3. The van der Waals surface area contributed by atoms with Gasteiger partial charge in [-0.1, -0.05) is 12.1 Å². The number of hydrogen-bond acceptors (Lipinski definition) is 4. The monoisotopic (exact) mass is 291 g/mol. The molecule has 0 amide bonds. The Kier molecular flexibility index (Phi) is 5.25. The van der Waals surface area contributed by atoms with Crippen molar-refractivity contribution in [1.82, 2.24) is 25.2 Å². The smallest absolute Gasteiger partial charge is 0.0964 e. The second-order valence-electron chi connectivity index (χ2n) is 6.80. The second-order valence-corrected chi connectivity index (χ2v) is 6.80. The summed E-state index contributed by atoms with van der Waals surface area (Å²) in [4.78, 5) is 2.66. The van der Waals surface area contributed by atoms with E-state index in [9.17, 15) is 0 Å². The zero-order valence-electron chi connectivity index (χ0n) is 13.3. The predicted octanol–water partition coefficient (Wildman–Crippen LogP) is 1.90. The highest BCUT2D eigenvalue weighted by molar-refractivity contribution is 4.91. The normalized spacial score (nSPS) is 18.6. The topological polar surface area (TPSA) is 46.0 Å². The maximum Gasteiger partial charge on any atom is 0.0964 e. The summed E-state index contributed by atoms with van der Waals surface area (Å²) in [5, 5.41) is 11.9. The Labute approximate surface area is 128 Å². The minimum absolute atomic E-state index is 0.835. The molecule has 2 aliphatic rings. The van der Waals surface area contributed by atoms with Crippen LogP contribution >= 0.6 is 0 Å². The molecule has 2 saturated carbocycles. The van der Waals surface area contributed by atoms with E-state index < -0.39 is 0 Å². The van der Waals surface area contributed by atoms with Crippen LogP contribution in [-0.2, 0) is 13.1 Å². The minimum Gasteiger partial charge on any atom is -0.311 e. The lowest BCUT2D eigenvalue weighted by Gasteiger charge is -2.21. The molecule has 118 valence electrons. The van der Waals surface area contributed by atoms with Crippen molar-refractivity contribution in [2.75, 3.05) is 26.2 Å². The maximum absolute atomic E-state index is 4.26. The van der Waals surface area contributed by atoms with Crippen LogP contribution in [0.1, 0.15) is 44.7 Å². The van der Waals surface area contributed by atoms with Crippen molar-refractivity contribution in [2.24, 2.45) is 11.8 Å². The lowest BCUT2D eigenvalue weighted by Crippen LogP contribution is -2.31. The van der Waals surface area contributed by atoms with Crippen LogP contribution in [0.25, 0.3) is 0 Å². The van der Waals surface area contributed by atoms with Crippen LogP contribution < -0.4 is 5.32 Å². The minimum atomic E-state index is 0.835. The van der Waals surface area contributed by atoms with Gasteiger partial charge in [-0.15, -0.1) is 5.10 Å². The summed E-state index contributed by atoms with van der Waals surface area (Å²) in [5.41, 5.74) is 1.05. The maximum atomic E-state index is 4.26. The Balaban J connectivity index is 1.41. The second kappa shape index (κ2) is 7.36. The first-order valence-corrected chi connectivity index (χ1v) is 8.65.